The minimum atomic E-state index is -0.353. The summed E-state index contributed by atoms with van der Waals surface area (Å²) in [5.41, 5.74) is 1.10. The predicted molar refractivity (Wildman–Crippen MR) is 59.5 cm³/mol. The lowest BCUT2D eigenvalue weighted by atomic mass is 10.0. The van der Waals surface area contributed by atoms with Gasteiger partial charge in [-0.15, -0.1) is 0 Å². The molecule has 1 aromatic carbocycles. The van der Waals surface area contributed by atoms with Crippen molar-refractivity contribution in [3.8, 4) is 0 Å². The van der Waals surface area contributed by atoms with Gasteiger partial charge in [0, 0.05) is 6.07 Å². The molecule has 1 radical (unpaired) electrons. The third-order valence-electron chi connectivity index (χ3n) is 1.72. The monoisotopic (exact) mass is 290 g/mol. The molecule has 0 unspecified atom stereocenters. The molecule has 13 heavy (non-hydrogen) atoms. The highest BCUT2D eigenvalue weighted by atomic mass is 127. The smallest absolute Gasteiger partial charge is 0.258 e. The zero-order valence-electron chi connectivity index (χ0n) is 7.37. The molecule has 0 saturated heterocycles. The Hall–Kier alpha value is -0.650. The summed E-state index contributed by atoms with van der Waals surface area (Å²) in [7, 11) is 0. The van der Waals surface area contributed by atoms with Crippen molar-refractivity contribution in [1.82, 2.24) is 0 Å². The van der Waals surface area contributed by atoms with E-state index in [-0.39, 0.29) is 10.6 Å². The largest absolute Gasteiger partial charge is 0.282 e. The van der Waals surface area contributed by atoms with E-state index in [0.29, 0.717) is 3.57 Å². The highest BCUT2D eigenvalue weighted by molar-refractivity contribution is 14.1. The summed E-state index contributed by atoms with van der Waals surface area (Å²) in [5.74, 6) is 1.08. The summed E-state index contributed by atoms with van der Waals surface area (Å²) in [6, 6.07) is 5.27. The van der Waals surface area contributed by atoms with Gasteiger partial charge in [-0.2, -0.15) is 0 Å². The SMILES string of the molecule is C[C](C)c1ccc(I)c([N+](=O)[O-])c1. The molecule has 0 atom stereocenters. The Labute approximate surface area is 90.4 Å². The number of nitro groups is 1. The molecule has 69 valence electrons. The molecule has 4 heteroatoms. The van der Waals surface area contributed by atoms with Crippen LogP contribution in [0.4, 0.5) is 5.69 Å². The lowest BCUT2D eigenvalue weighted by Gasteiger charge is -2.04. The second-order valence-corrected chi connectivity index (χ2v) is 4.09. The van der Waals surface area contributed by atoms with Gasteiger partial charge in [0.1, 0.15) is 0 Å². The maximum absolute atomic E-state index is 10.6. The van der Waals surface area contributed by atoms with Crippen LogP contribution in [0, 0.1) is 19.6 Å². The van der Waals surface area contributed by atoms with Crippen molar-refractivity contribution < 1.29 is 4.92 Å². The van der Waals surface area contributed by atoms with Gasteiger partial charge in [0.05, 0.1) is 8.49 Å². The third-order valence-corrected chi connectivity index (χ3v) is 2.63. The fraction of sp³-hybridized carbons (Fsp3) is 0.222. The van der Waals surface area contributed by atoms with Crippen LogP contribution in [0.3, 0.4) is 0 Å². The van der Waals surface area contributed by atoms with Crippen molar-refractivity contribution in [2.75, 3.05) is 0 Å². The maximum Gasteiger partial charge on any atom is 0.282 e. The van der Waals surface area contributed by atoms with E-state index in [2.05, 4.69) is 0 Å². The van der Waals surface area contributed by atoms with Crippen molar-refractivity contribution in [3.05, 3.63) is 43.4 Å². The highest BCUT2D eigenvalue weighted by Gasteiger charge is 2.13. The van der Waals surface area contributed by atoms with E-state index in [9.17, 15) is 10.1 Å². The molecule has 0 bridgehead atoms. The lowest BCUT2D eigenvalue weighted by molar-refractivity contribution is -0.385. The van der Waals surface area contributed by atoms with Crippen molar-refractivity contribution in [3.63, 3.8) is 0 Å². The summed E-state index contributed by atoms with van der Waals surface area (Å²) in [6.07, 6.45) is 0. The van der Waals surface area contributed by atoms with Gasteiger partial charge in [-0.25, -0.2) is 0 Å². The Bertz CT molecular complexity index is 336. The van der Waals surface area contributed by atoms with Crippen LogP contribution in [0.15, 0.2) is 18.2 Å². The number of halogens is 1. The van der Waals surface area contributed by atoms with E-state index < -0.39 is 0 Å². The van der Waals surface area contributed by atoms with E-state index in [0.717, 1.165) is 11.5 Å². The molecule has 0 heterocycles. The summed E-state index contributed by atoms with van der Waals surface area (Å²) in [5, 5.41) is 10.6. The zero-order valence-corrected chi connectivity index (χ0v) is 9.53. The number of rotatable bonds is 2. The van der Waals surface area contributed by atoms with Gasteiger partial charge in [0.2, 0.25) is 0 Å². The Morgan fingerprint density at radius 1 is 1.46 bits per heavy atom. The van der Waals surface area contributed by atoms with E-state index in [1.807, 2.05) is 42.5 Å². The van der Waals surface area contributed by atoms with Crippen LogP contribution in [-0.2, 0) is 0 Å². The van der Waals surface area contributed by atoms with Gasteiger partial charge in [-0.05, 0) is 40.1 Å². The number of nitro benzene ring substituents is 1. The van der Waals surface area contributed by atoms with Crippen LogP contribution >= 0.6 is 22.6 Å². The number of benzene rings is 1. The van der Waals surface area contributed by atoms with Gasteiger partial charge in [-0.1, -0.05) is 19.9 Å². The first-order valence-corrected chi connectivity index (χ1v) is 4.84. The molecule has 0 aromatic heterocycles. The number of hydrogen-bond acceptors (Lipinski definition) is 2. The molecule has 0 amide bonds. The first-order chi connectivity index (χ1) is 6.02. The Balaban J connectivity index is 3.19. The minimum Gasteiger partial charge on any atom is -0.258 e. The fourth-order valence-corrected chi connectivity index (χ4v) is 1.50. The fourth-order valence-electron chi connectivity index (χ4n) is 0.964. The van der Waals surface area contributed by atoms with Gasteiger partial charge >= 0.3 is 0 Å². The Morgan fingerprint density at radius 2 is 2.08 bits per heavy atom. The van der Waals surface area contributed by atoms with Crippen LogP contribution in [0.25, 0.3) is 0 Å². The molecule has 0 aliphatic rings. The first-order valence-electron chi connectivity index (χ1n) is 3.77. The van der Waals surface area contributed by atoms with Crippen molar-refractivity contribution >= 4 is 28.3 Å². The summed E-state index contributed by atoms with van der Waals surface area (Å²) in [4.78, 5) is 10.2. The lowest BCUT2D eigenvalue weighted by Crippen LogP contribution is -1.95. The molecule has 0 aliphatic heterocycles. The van der Waals surface area contributed by atoms with Gasteiger partial charge in [0.25, 0.3) is 5.69 Å². The number of hydrogen-bond donors (Lipinski definition) is 0. The first kappa shape index (κ1) is 10.4. The summed E-state index contributed by atoms with van der Waals surface area (Å²) in [6.45, 7) is 3.87. The van der Waals surface area contributed by atoms with Crippen molar-refractivity contribution in [1.29, 1.82) is 0 Å². The van der Waals surface area contributed by atoms with Crippen LogP contribution in [0.1, 0.15) is 19.4 Å². The molecule has 0 spiro atoms. The molecule has 0 fully saturated rings. The standard InChI is InChI=1S/C9H9INO2/c1-6(2)7-3-4-8(10)9(5-7)11(12)13/h3-5H,1-2H3. The summed E-state index contributed by atoms with van der Waals surface area (Å²) < 4.78 is 0.674. The Morgan fingerprint density at radius 3 is 2.54 bits per heavy atom. The maximum atomic E-state index is 10.6. The zero-order chi connectivity index (χ0) is 10.0. The average Bonchev–Trinajstić information content (AvgIpc) is 2.04. The topological polar surface area (TPSA) is 43.1 Å². The quantitative estimate of drug-likeness (QED) is 0.477. The molecule has 0 saturated carbocycles. The molecular formula is C9H9INO2. The van der Waals surface area contributed by atoms with Crippen LogP contribution < -0.4 is 0 Å². The van der Waals surface area contributed by atoms with Gasteiger partial charge in [-0.3, -0.25) is 10.1 Å². The molecule has 0 N–H and O–H groups in total. The van der Waals surface area contributed by atoms with E-state index in [4.69, 9.17) is 0 Å². The minimum absolute atomic E-state index is 0.180. The number of nitrogens with zero attached hydrogens (tertiary/aromatic N) is 1. The van der Waals surface area contributed by atoms with Crippen molar-refractivity contribution in [2.24, 2.45) is 0 Å². The molecule has 0 aliphatic carbocycles. The molecule has 3 nitrogen and oxygen atoms in total. The third kappa shape index (κ3) is 2.40. The van der Waals surface area contributed by atoms with Crippen LogP contribution in [0.5, 0.6) is 0 Å². The predicted octanol–water partition coefficient (Wildman–Crippen LogP) is 3.16. The van der Waals surface area contributed by atoms with Gasteiger partial charge < -0.3 is 0 Å². The van der Waals surface area contributed by atoms with Crippen LogP contribution in [0.2, 0.25) is 0 Å². The normalized spacial score (nSPS) is 10.5. The second-order valence-electron chi connectivity index (χ2n) is 2.92. The van der Waals surface area contributed by atoms with E-state index >= 15 is 0 Å². The summed E-state index contributed by atoms with van der Waals surface area (Å²) >= 11 is 1.96. The second kappa shape index (κ2) is 4.04. The van der Waals surface area contributed by atoms with Crippen LogP contribution in [-0.4, -0.2) is 4.92 Å². The molecular weight excluding hydrogens is 281 g/mol. The molecule has 1 rings (SSSR count). The van der Waals surface area contributed by atoms with E-state index in [1.165, 1.54) is 0 Å². The highest BCUT2D eigenvalue weighted by Crippen LogP contribution is 2.25. The molecule has 1 aromatic rings. The van der Waals surface area contributed by atoms with Crippen molar-refractivity contribution in [2.45, 2.75) is 13.8 Å². The van der Waals surface area contributed by atoms with E-state index in [1.54, 1.807) is 12.1 Å². The average molecular weight is 290 g/mol. The Kier molecular flexibility index (Phi) is 3.24. The van der Waals surface area contributed by atoms with Gasteiger partial charge in [0.15, 0.2) is 0 Å².